The Bertz CT molecular complexity index is 753. The number of hydrogen-bond acceptors (Lipinski definition) is 4. The van der Waals surface area contributed by atoms with Crippen molar-refractivity contribution >= 4 is 10.1 Å². The SMILES string of the molecule is Cc1ccc(S(=O)(=O)O)cc1.NCC1(c2ccccn2)CCCCC1. The van der Waals surface area contributed by atoms with E-state index < -0.39 is 10.1 Å². The summed E-state index contributed by atoms with van der Waals surface area (Å²) in [5.74, 6) is 0. The smallest absolute Gasteiger partial charge is 0.294 e. The Morgan fingerprint density at radius 1 is 1.08 bits per heavy atom. The van der Waals surface area contributed by atoms with E-state index in [4.69, 9.17) is 10.3 Å². The lowest BCUT2D eigenvalue weighted by Gasteiger charge is -2.35. The summed E-state index contributed by atoms with van der Waals surface area (Å²) < 4.78 is 29.6. The molecule has 0 aliphatic heterocycles. The maximum atomic E-state index is 10.5. The van der Waals surface area contributed by atoms with Gasteiger partial charge in [-0.2, -0.15) is 8.42 Å². The van der Waals surface area contributed by atoms with Crippen LogP contribution in [0.5, 0.6) is 0 Å². The Kier molecular flexibility index (Phi) is 6.70. The molecule has 1 saturated carbocycles. The number of aryl methyl sites for hydroxylation is 1. The predicted molar refractivity (Wildman–Crippen MR) is 99.0 cm³/mol. The summed E-state index contributed by atoms with van der Waals surface area (Å²) in [6.07, 6.45) is 8.25. The zero-order valence-electron chi connectivity index (χ0n) is 14.6. The first-order valence-corrected chi connectivity index (χ1v) is 9.97. The van der Waals surface area contributed by atoms with Crippen LogP contribution in [0.15, 0.2) is 53.6 Å². The minimum absolute atomic E-state index is 0.0666. The van der Waals surface area contributed by atoms with E-state index in [1.807, 2.05) is 19.2 Å². The number of nitrogens with zero attached hydrogens (tertiary/aromatic N) is 1. The van der Waals surface area contributed by atoms with Gasteiger partial charge >= 0.3 is 0 Å². The molecule has 1 aliphatic rings. The standard InChI is InChI=1S/C12H18N2.C7H8O3S/c13-10-12(7-3-1-4-8-12)11-6-2-5-9-14-11;1-6-2-4-7(5-3-6)11(8,9)10/h2,5-6,9H,1,3-4,7-8,10,13H2;2-5H,1H3,(H,8,9,10). The van der Waals surface area contributed by atoms with Crippen LogP contribution in [0.3, 0.4) is 0 Å². The van der Waals surface area contributed by atoms with Crippen molar-refractivity contribution in [1.82, 2.24) is 4.98 Å². The van der Waals surface area contributed by atoms with Crippen molar-refractivity contribution in [2.75, 3.05) is 6.54 Å². The molecule has 1 aromatic carbocycles. The lowest BCUT2D eigenvalue weighted by molar-refractivity contribution is 0.293. The molecule has 1 fully saturated rings. The van der Waals surface area contributed by atoms with E-state index in [0.29, 0.717) is 0 Å². The Morgan fingerprint density at radius 2 is 1.72 bits per heavy atom. The van der Waals surface area contributed by atoms with Gasteiger partial charge in [-0.05, 0) is 44.0 Å². The molecule has 1 heterocycles. The molecular weight excluding hydrogens is 336 g/mol. The normalized spacial score (nSPS) is 16.6. The van der Waals surface area contributed by atoms with Gasteiger partial charge in [-0.15, -0.1) is 0 Å². The van der Waals surface area contributed by atoms with Crippen molar-refractivity contribution in [2.24, 2.45) is 5.73 Å². The van der Waals surface area contributed by atoms with Crippen LogP contribution in [0.4, 0.5) is 0 Å². The van der Waals surface area contributed by atoms with Crippen molar-refractivity contribution in [3.8, 4) is 0 Å². The zero-order valence-corrected chi connectivity index (χ0v) is 15.4. The maximum absolute atomic E-state index is 10.5. The molecule has 25 heavy (non-hydrogen) atoms. The second-order valence-corrected chi connectivity index (χ2v) is 7.97. The van der Waals surface area contributed by atoms with Crippen LogP contribution in [0, 0.1) is 6.92 Å². The van der Waals surface area contributed by atoms with Gasteiger partial charge in [0.05, 0.1) is 4.90 Å². The average molecular weight is 362 g/mol. The van der Waals surface area contributed by atoms with Crippen molar-refractivity contribution in [3.63, 3.8) is 0 Å². The summed E-state index contributed by atoms with van der Waals surface area (Å²) in [5, 5.41) is 0. The van der Waals surface area contributed by atoms with E-state index >= 15 is 0 Å². The molecule has 0 spiro atoms. The third-order valence-corrected chi connectivity index (χ3v) is 5.60. The number of aromatic nitrogens is 1. The average Bonchev–Trinajstić information content (AvgIpc) is 2.63. The van der Waals surface area contributed by atoms with E-state index in [2.05, 4.69) is 17.1 Å². The van der Waals surface area contributed by atoms with Crippen LogP contribution in [-0.4, -0.2) is 24.5 Å². The minimum atomic E-state index is -4.02. The van der Waals surface area contributed by atoms with Gasteiger partial charge in [0.2, 0.25) is 0 Å². The fraction of sp³-hybridized carbons (Fsp3) is 0.421. The number of pyridine rings is 1. The highest BCUT2D eigenvalue weighted by Gasteiger charge is 2.33. The molecule has 1 aliphatic carbocycles. The Balaban J connectivity index is 0.000000186. The monoisotopic (exact) mass is 362 g/mol. The second-order valence-electron chi connectivity index (χ2n) is 6.55. The highest BCUT2D eigenvalue weighted by atomic mass is 32.2. The molecule has 0 unspecified atom stereocenters. The van der Waals surface area contributed by atoms with E-state index in [1.165, 1.54) is 49.9 Å². The summed E-state index contributed by atoms with van der Waals surface area (Å²) in [6.45, 7) is 2.58. The Morgan fingerprint density at radius 3 is 2.20 bits per heavy atom. The van der Waals surface area contributed by atoms with Crippen molar-refractivity contribution in [1.29, 1.82) is 0 Å². The minimum Gasteiger partial charge on any atom is -0.330 e. The zero-order chi connectivity index (χ0) is 18.3. The molecule has 5 nitrogen and oxygen atoms in total. The highest BCUT2D eigenvalue weighted by Crippen LogP contribution is 2.37. The molecule has 0 bridgehead atoms. The molecule has 6 heteroatoms. The van der Waals surface area contributed by atoms with Crippen LogP contribution >= 0.6 is 0 Å². The maximum Gasteiger partial charge on any atom is 0.294 e. The van der Waals surface area contributed by atoms with E-state index in [9.17, 15) is 8.42 Å². The topological polar surface area (TPSA) is 93.3 Å². The molecule has 0 radical (unpaired) electrons. The van der Waals surface area contributed by atoms with Gasteiger partial charge < -0.3 is 5.73 Å². The first-order chi connectivity index (χ1) is 11.9. The fourth-order valence-corrected chi connectivity index (χ4v) is 3.66. The van der Waals surface area contributed by atoms with Gasteiger partial charge in [-0.1, -0.05) is 43.0 Å². The molecular formula is C19H26N2O3S. The third-order valence-electron chi connectivity index (χ3n) is 4.73. The predicted octanol–water partition coefficient (Wildman–Crippen LogP) is 3.48. The molecule has 3 rings (SSSR count). The van der Waals surface area contributed by atoms with Gasteiger partial charge in [0.25, 0.3) is 10.1 Å². The van der Waals surface area contributed by atoms with Crippen molar-refractivity contribution in [2.45, 2.75) is 49.3 Å². The largest absolute Gasteiger partial charge is 0.330 e. The van der Waals surface area contributed by atoms with Gasteiger partial charge in [-0.25, -0.2) is 0 Å². The van der Waals surface area contributed by atoms with E-state index in [1.54, 1.807) is 12.1 Å². The molecule has 0 atom stereocenters. The van der Waals surface area contributed by atoms with Gasteiger partial charge in [-0.3, -0.25) is 9.54 Å². The summed E-state index contributed by atoms with van der Waals surface area (Å²) in [6, 6.07) is 12.1. The van der Waals surface area contributed by atoms with E-state index in [-0.39, 0.29) is 10.3 Å². The first kappa shape index (κ1) is 19.6. The van der Waals surface area contributed by atoms with Gasteiger partial charge in [0.1, 0.15) is 0 Å². The first-order valence-electron chi connectivity index (χ1n) is 8.53. The number of hydrogen-bond donors (Lipinski definition) is 2. The lowest BCUT2D eigenvalue weighted by Crippen LogP contribution is -2.37. The Labute approximate surface area is 150 Å². The second kappa shape index (κ2) is 8.56. The molecule has 0 saturated heterocycles. The number of rotatable bonds is 3. The summed E-state index contributed by atoms with van der Waals surface area (Å²) in [5.41, 5.74) is 8.26. The molecule has 1 aromatic heterocycles. The highest BCUT2D eigenvalue weighted by molar-refractivity contribution is 7.85. The quantitative estimate of drug-likeness (QED) is 0.815. The summed E-state index contributed by atoms with van der Waals surface area (Å²) in [4.78, 5) is 4.40. The van der Waals surface area contributed by atoms with Crippen LogP contribution in [-0.2, 0) is 15.5 Å². The van der Waals surface area contributed by atoms with Crippen molar-refractivity contribution in [3.05, 3.63) is 59.9 Å². The van der Waals surface area contributed by atoms with Gasteiger partial charge in [0, 0.05) is 23.9 Å². The van der Waals surface area contributed by atoms with Gasteiger partial charge in [0.15, 0.2) is 0 Å². The van der Waals surface area contributed by atoms with Crippen LogP contribution < -0.4 is 5.73 Å². The number of benzene rings is 1. The number of nitrogens with two attached hydrogens (primary N) is 1. The lowest BCUT2D eigenvalue weighted by atomic mass is 9.71. The van der Waals surface area contributed by atoms with Crippen LogP contribution in [0.2, 0.25) is 0 Å². The van der Waals surface area contributed by atoms with E-state index in [0.717, 1.165) is 12.1 Å². The molecule has 3 N–H and O–H groups in total. The fourth-order valence-electron chi connectivity index (χ4n) is 3.18. The molecule has 0 amide bonds. The summed E-state index contributed by atoms with van der Waals surface area (Å²) >= 11 is 0. The summed E-state index contributed by atoms with van der Waals surface area (Å²) in [7, 11) is -4.02. The van der Waals surface area contributed by atoms with Crippen LogP contribution in [0.1, 0.15) is 43.4 Å². The van der Waals surface area contributed by atoms with Crippen LogP contribution in [0.25, 0.3) is 0 Å². The molecule has 2 aromatic rings. The Hall–Kier alpha value is -1.76. The molecule has 136 valence electrons. The van der Waals surface area contributed by atoms with Crippen molar-refractivity contribution < 1.29 is 13.0 Å². The third kappa shape index (κ3) is 5.36.